The summed E-state index contributed by atoms with van der Waals surface area (Å²) in [6, 6.07) is 6.41. The maximum atomic E-state index is 12.7. The van der Waals surface area contributed by atoms with E-state index >= 15 is 0 Å². The molecule has 0 bridgehead atoms. The lowest BCUT2D eigenvalue weighted by atomic mass is 10.00. The molecule has 1 aromatic carbocycles. The lowest BCUT2D eigenvalue weighted by Gasteiger charge is -2.28. The van der Waals surface area contributed by atoms with Crippen LogP contribution in [0.5, 0.6) is 0 Å². The maximum Gasteiger partial charge on any atom is 0.339 e. The largest absolute Gasteiger partial charge is 0.478 e. The highest BCUT2D eigenvalue weighted by atomic mass is 35.5. The molecule has 0 saturated heterocycles. The molecule has 0 spiro atoms. The first-order valence-corrected chi connectivity index (χ1v) is 11.3. The first-order chi connectivity index (χ1) is 14.4. The van der Waals surface area contributed by atoms with Gasteiger partial charge in [0.1, 0.15) is 5.00 Å². The van der Waals surface area contributed by atoms with Gasteiger partial charge in [-0.15, -0.1) is 11.3 Å². The Morgan fingerprint density at radius 3 is 2.53 bits per heavy atom. The molecule has 1 aliphatic heterocycles. The number of rotatable bonds is 5. The molecule has 8 heteroatoms. The molecule has 1 aromatic heterocycles. The number of carbonyl (C=O) groups is 3. The minimum atomic E-state index is -1.07. The number of nitrogens with zero attached hydrogens (tertiary/aromatic N) is 1. The second-order valence-corrected chi connectivity index (χ2v) is 9.44. The molecule has 0 radical (unpaired) electrons. The van der Waals surface area contributed by atoms with Crippen LogP contribution in [0, 0.1) is 5.92 Å². The van der Waals surface area contributed by atoms with Crippen molar-refractivity contribution in [1.82, 2.24) is 4.90 Å². The number of carboxylic acid groups (broad SMARTS) is 1. The summed E-state index contributed by atoms with van der Waals surface area (Å²) in [5.41, 5.74) is 1.26. The van der Waals surface area contributed by atoms with E-state index in [0.717, 1.165) is 23.3 Å². The molecule has 1 fully saturated rings. The van der Waals surface area contributed by atoms with Gasteiger partial charge in [0.25, 0.3) is 5.91 Å². The Bertz CT molecular complexity index is 980. The number of aromatic carboxylic acids is 1. The fourth-order valence-electron chi connectivity index (χ4n) is 4.30. The predicted octanol–water partition coefficient (Wildman–Crippen LogP) is 4.82. The van der Waals surface area contributed by atoms with Gasteiger partial charge in [-0.05, 0) is 55.0 Å². The van der Waals surface area contributed by atoms with Crippen molar-refractivity contribution in [3.05, 3.63) is 50.9 Å². The minimum Gasteiger partial charge on any atom is -0.478 e. The number of amides is 2. The van der Waals surface area contributed by atoms with Crippen LogP contribution in [0.4, 0.5) is 5.00 Å². The van der Waals surface area contributed by atoms with Gasteiger partial charge in [-0.2, -0.15) is 0 Å². The number of thiophene rings is 1. The number of fused-ring (bicyclic) bond motifs is 1. The first kappa shape index (κ1) is 20.9. The molecule has 2 amide bonds. The number of benzene rings is 1. The summed E-state index contributed by atoms with van der Waals surface area (Å²) in [6.45, 7) is 0.919. The highest BCUT2D eigenvalue weighted by molar-refractivity contribution is 7.17. The van der Waals surface area contributed by atoms with E-state index in [-0.39, 0.29) is 17.4 Å². The lowest BCUT2D eigenvalue weighted by molar-refractivity contribution is -0.133. The topological polar surface area (TPSA) is 86.7 Å². The summed E-state index contributed by atoms with van der Waals surface area (Å²) in [5.74, 6) is -0.831. The molecule has 2 heterocycles. The SMILES string of the molecule is O=C(Nc1sc2c(c1C(=O)O)CCN(C(=O)CC1CCCC1)C2)c1ccc(Cl)cc1. The molecule has 0 unspecified atom stereocenters. The molecule has 2 aliphatic rings. The average molecular weight is 447 g/mol. The van der Waals surface area contributed by atoms with Crippen molar-refractivity contribution in [1.29, 1.82) is 0 Å². The molecule has 1 saturated carbocycles. The van der Waals surface area contributed by atoms with Gasteiger partial charge in [-0.1, -0.05) is 24.4 Å². The number of nitrogens with one attached hydrogen (secondary N) is 1. The molecule has 4 rings (SSSR count). The standard InChI is InChI=1S/C22H23ClN2O4S/c23-15-7-5-14(6-8-15)20(27)24-21-19(22(28)29)16-9-10-25(12-17(16)30-21)18(26)11-13-3-1-2-4-13/h5-8,13H,1-4,9-12H2,(H,24,27)(H,28,29). The third-order valence-electron chi connectivity index (χ3n) is 5.89. The van der Waals surface area contributed by atoms with Crippen molar-refractivity contribution in [3.63, 3.8) is 0 Å². The summed E-state index contributed by atoms with van der Waals surface area (Å²) in [4.78, 5) is 39.9. The van der Waals surface area contributed by atoms with Gasteiger partial charge in [0.15, 0.2) is 0 Å². The molecule has 1 aliphatic carbocycles. The number of carbonyl (C=O) groups excluding carboxylic acids is 2. The van der Waals surface area contributed by atoms with Gasteiger partial charge in [0, 0.05) is 28.4 Å². The molecular formula is C22H23ClN2O4S. The lowest BCUT2D eigenvalue weighted by Crippen LogP contribution is -2.36. The van der Waals surface area contributed by atoms with Gasteiger partial charge >= 0.3 is 5.97 Å². The van der Waals surface area contributed by atoms with E-state index in [9.17, 15) is 19.5 Å². The van der Waals surface area contributed by atoms with E-state index in [2.05, 4.69) is 5.32 Å². The summed E-state index contributed by atoms with van der Waals surface area (Å²) in [5, 5.41) is 13.3. The number of carboxylic acids is 1. The second kappa shape index (κ2) is 8.78. The van der Waals surface area contributed by atoms with Gasteiger partial charge in [-0.25, -0.2) is 4.79 Å². The van der Waals surface area contributed by atoms with Crippen molar-refractivity contribution in [2.24, 2.45) is 5.92 Å². The van der Waals surface area contributed by atoms with Gasteiger partial charge < -0.3 is 15.3 Å². The third-order valence-corrected chi connectivity index (χ3v) is 7.28. The quantitative estimate of drug-likeness (QED) is 0.689. The molecule has 6 nitrogen and oxygen atoms in total. The fourth-order valence-corrected chi connectivity index (χ4v) is 5.67. The van der Waals surface area contributed by atoms with Crippen LogP contribution in [0.3, 0.4) is 0 Å². The van der Waals surface area contributed by atoms with Gasteiger partial charge in [0.2, 0.25) is 5.91 Å². The van der Waals surface area contributed by atoms with E-state index in [1.165, 1.54) is 24.2 Å². The van der Waals surface area contributed by atoms with Crippen molar-refractivity contribution in [2.45, 2.75) is 45.1 Å². The Morgan fingerprint density at radius 2 is 1.87 bits per heavy atom. The van der Waals surface area contributed by atoms with Crippen LogP contribution < -0.4 is 5.32 Å². The Morgan fingerprint density at radius 1 is 1.17 bits per heavy atom. The van der Waals surface area contributed by atoms with Crippen LogP contribution in [-0.2, 0) is 17.8 Å². The second-order valence-electron chi connectivity index (χ2n) is 7.89. The van der Waals surface area contributed by atoms with Gasteiger partial charge in [0.05, 0.1) is 12.1 Å². The molecule has 2 N–H and O–H groups in total. The third kappa shape index (κ3) is 4.37. The van der Waals surface area contributed by atoms with Crippen LogP contribution >= 0.6 is 22.9 Å². The normalized spacial score (nSPS) is 16.4. The number of anilines is 1. The van der Waals surface area contributed by atoms with Crippen LogP contribution in [0.15, 0.2) is 24.3 Å². The summed E-state index contributed by atoms with van der Waals surface area (Å²) in [7, 11) is 0. The Kier molecular flexibility index (Phi) is 6.11. The van der Waals surface area contributed by atoms with E-state index in [1.54, 1.807) is 24.3 Å². The number of hydrogen-bond donors (Lipinski definition) is 2. The van der Waals surface area contributed by atoms with E-state index < -0.39 is 5.97 Å². The Hall–Kier alpha value is -2.38. The number of halogens is 1. The smallest absolute Gasteiger partial charge is 0.339 e. The average Bonchev–Trinajstić information content (AvgIpc) is 3.34. The predicted molar refractivity (Wildman–Crippen MR) is 116 cm³/mol. The Balaban J connectivity index is 1.52. The zero-order valence-electron chi connectivity index (χ0n) is 16.4. The van der Waals surface area contributed by atoms with Crippen molar-refractivity contribution < 1.29 is 19.5 Å². The fraction of sp³-hybridized carbons (Fsp3) is 0.409. The molecule has 158 valence electrons. The van der Waals surface area contributed by atoms with Crippen molar-refractivity contribution in [2.75, 3.05) is 11.9 Å². The summed E-state index contributed by atoms with van der Waals surface area (Å²) < 4.78 is 0. The summed E-state index contributed by atoms with van der Waals surface area (Å²) >= 11 is 7.11. The van der Waals surface area contributed by atoms with Crippen molar-refractivity contribution in [3.8, 4) is 0 Å². The van der Waals surface area contributed by atoms with Crippen molar-refractivity contribution >= 4 is 45.7 Å². The zero-order chi connectivity index (χ0) is 21.3. The van der Waals surface area contributed by atoms with Gasteiger partial charge in [-0.3, -0.25) is 9.59 Å². The highest BCUT2D eigenvalue weighted by Crippen LogP contribution is 2.38. The van der Waals surface area contributed by atoms with E-state index in [4.69, 9.17) is 11.6 Å². The monoisotopic (exact) mass is 446 g/mol. The minimum absolute atomic E-state index is 0.139. The number of hydrogen-bond acceptors (Lipinski definition) is 4. The van der Waals surface area contributed by atoms with Crippen LogP contribution in [0.25, 0.3) is 0 Å². The molecule has 2 aromatic rings. The maximum absolute atomic E-state index is 12.7. The van der Waals surface area contributed by atoms with E-state index in [0.29, 0.717) is 47.4 Å². The molecule has 30 heavy (non-hydrogen) atoms. The molecule has 0 atom stereocenters. The Labute approximate surface area is 183 Å². The van der Waals surface area contributed by atoms with Crippen LogP contribution in [0.2, 0.25) is 5.02 Å². The molecular weight excluding hydrogens is 424 g/mol. The van der Waals surface area contributed by atoms with Crippen LogP contribution in [0.1, 0.15) is 63.3 Å². The zero-order valence-corrected chi connectivity index (χ0v) is 18.0. The van der Waals surface area contributed by atoms with Crippen LogP contribution in [-0.4, -0.2) is 34.3 Å². The van der Waals surface area contributed by atoms with E-state index in [1.807, 2.05) is 4.90 Å². The first-order valence-electron chi connectivity index (χ1n) is 10.1. The highest BCUT2D eigenvalue weighted by Gasteiger charge is 2.31. The summed E-state index contributed by atoms with van der Waals surface area (Å²) in [6.07, 6.45) is 5.70.